The van der Waals surface area contributed by atoms with Gasteiger partial charge in [-0.1, -0.05) is 24.3 Å². The van der Waals surface area contributed by atoms with Crippen molar-refractivity contribution in [3.05, 3.63) is 53.8 Å². The van der Waals surface area contributed by atoms with Crippen molar-refractivity contribution in [2.45, 2.75) is 38.5 Å². The first-order chi connectivity index (χ1) is 15.9. The number of benzene rings is 2. The molecule has 2 fully saturated rings. The van der Waals surface area contributed by atoms with Gasteiger partial charge in [0.05, 0.1) is 24.8 Å². The van der Waals surface area contributed by atoms with Gasteiger partial charge in [0, 0.05) is 19.0 Å². The molecule has 2 atom stereocenters. The van der Waals surface area contributed by atoms with Crippen LogP contribution in [0, 0.1) is 5.82 Å². The SMILES string of the molecule is CC(=O)NCC1CN(c2ccc(-c3ccc(CNC(=O)C4CCCN4)cc3)c(F)c2)C(=O)O1. The van der Waals surface area contributed by atoms with E-state index >= 15 is 0 Å². The fraction of sp³-hybridized carbons (Fsp3) is 0.375. The first kappa shape index (κ1) is 22.7. The monoisotopic (exact) mass is 454 g/mol. The van der Waals surface area contributed by atoms with E-state index in [0.717, 1.165) is 24.9 Å². The lowest BCUT2D eigenvalue weighted by Gasteiger charge is -2.15. The molecule has 2 aliphatic heterocycles. The number of carbonyl (C=O) groups is 3. The summed E-state index contributed by atoms with van der Waals surface area (Å²) in [7, 11) is 0. The molecule has 9 heteroatoms. The summed E-state index contributed by atoms with van der Waals surface area (Å²) in [5.41, 5.74) is 2.42. The van der Waals surface area contributed by atoms with Crippen LogP contribution in [0.3, 0.4) is 0 Å². The molecule has 0 aliphatic carbocycles. The Morgan fingerprint density at radius 1 is 1.18 bits per heavy atom. The first-order valence-electron chi connectivity index (χ1n) is 11.0. The number of amides is 3. The Morgan fingerprint density at radius 2 is 1.97 bits per heavy atom. The Kier molecular flexibility index (Phi) is 6.88. The third-order valence-electron chi connectivity index (χ3n) is 5.83. The van der Waals surface area contributed by atoms with Crippen molar-refractivity contribution in [2.24, 2.45) is 0 Å². The van der Waals surface area contributed by atoms with E-state index in [2.05, 4.69) is 16.0 Å². The van der Waals surface area contributed by atoms with Crippen LogP contribution in [0.2, 0.25) is 0 Å². The molecule has 0 saturated carbocycles. The van der Waals surface area contributed by atoms with Gasteiger partial charge in [-0.15, -0.1) is 0 Å². The lowest BCUT2D eigenvalue weighted by Crippen LogP contribution is -2.39. The Balaban J connectivity index is 1.38. The molecule has 2 unspecified atom stereocenters. The third kappa shape index (κ3) is 5.48. The lowest BCUT2D eigenvalue weighted by atomic mass is 10.0. The average Bonchev–Trinajstić information content (AvgIpc) is 3.46. The molecule has 2 aliphatic rings. The molecule has 3 N–H and O–H groups in total. The summed E-state index contributed by atoms with van der Waals surface area (Å²) in [5.74, 6) is -0.670. The number of rotatable bonds is 7. The van der Waals surface area contributed by atoms with E-state index in [-0.39, 0.29) is 30.9 Å². The number of ether oxygens (including phenoxy) is 1. The van der Waals surface area contributed by atoms with Crippen LogP contribution < -0.4 is 20.9 Å². The van der Waals surface area contributed by atoms with Crippen molar-refractivity contribution in [2.75, 3.05) is 24.5 Å². The minimum absolute atomic E-state index is 0.00189. The molecule has 0 bridgehead atoms. The van der Waals surface area contributed by atoms with Crippen LogP contribution in [0.4, 0.5) is 14.9 Å². The first-order valence-corrected chi connectivity index (χ1v) is 11.0. The summed E-state index contributed by atoms with van der Waals surface area (Å²) in [4.78, 5) is 36.7. The molecule has 0 spiro atoms. The van der Waals surface area contributed by atoms with Crippen LogP contribution >= 0.6 is 0 Å². The second kappa shape index (κ2) is 9.99. The van der Waals surface area contributed by atoms with E-state index in [9.17, 15) is 18.8 Å². The summed E-state index contributed by atoms with van der Waals surface area (Å²) < 4.78 is 20.1. The summed E-state index contributed by atoms with van der Waals surface area (Å²) in [5, 5.41) is 8.70. The molecule has 174 valence electrons. The van der Waals surface area contributed by atoms with Gasteiger partial charge in [0.1, 0.15) is 11.9 Å². The van der Waals surface area contributed by atoms with Gasteiger partial charge in [0.2, 0.25) is 11.8 Å². The van der Waals surface area contributed by atoms with E-state index in [1.165, 1.54) is 17.9 Å². The zero-order valence-corrected chi connectivity index (χ0v) is 18.4. The van der Waals surface area contributed by atoms with Crippen LogP contribution in [0.15, 0.2) is 42.5 Å². The lowest BCUT2D eigenvalue weighted by molar-refractivity contribution is -0.123. The average molecular weight is 455 g/mol. The van der Waals surface area contributed by atoms with Gasteiger partial charge < -0.3 is 20.7 Å². The van der Waals surface area contributed by atoms with E-state index < -0.39 is 18.0 Å². The second-order valence-corrected chi connectivity index (χ2v) is 8.28. The van der Waals surface area contributed by atoms with Crippen LogP contribution in [0.1, 0.15) is 25.3 Å². The summed E-state index contributed by atoms with van der Waals surface area (Å²) in [6.07, 6.45) is 0.803. The van der Waals surface area contributed by atoms with Gasteiger partial charge in [-0.2, -0.15) is 0 Å². The summed E-state index contributed by atoms with van der Waals surface area (Å²) in [6.45, 7) is 3.11. The normalized spacial score (nSPS) is 19.9. The molecule has 2 heterocycles. The van der Waals surface area contributed by atoms with Crippen molar-refractivity contribution in [3.63, 3.8) is 0 Å². The maximum atomic E-state index is 14.9. The zero-order chi connectivity index (χ0) is 23.4. The highest BCUT2D eigenvalue weighted by Gasteiger charge is 2.32. The predicted octanol–water partition coefficient (Wildman–Crippen LogP) is 2.32. The number of carbonyl (C=O) groups excluding carboxylic acids is 3. The van der Waals surface area contributed by atoms with Crippen LogP contribution in [-0.4, -0.2) is 49.7 Å². The smallest absolute Gasteiger partial charge is 0.414 e. The standard InChI is InChI=1S/C24H27FN4O4/c1-15(30)27-13-19-14-29(24(32)33-19)18-8-9-20(21(25)11-18)17-6-4-16(5-7-17)12-28-23(31)22-3-2-10-26-22/h4-9,11,19,22,26H,2-3,10,12-14H2,1H3,(H,27,30)(H,28,31). The summed E-state index contributed by atoms with van der Waals surface area (Å²) in [6, 6.07) is 11.8. The largest absolute Gasteiger partial charge is 0.442 e. The van der Waals surface area contributed by atoms with Gasteiger partial charge in [0.25, 0.3) is 0 Å². The highest BCUT2D eigenvalue weighted by molar-refractivity contribution is 5.90. The maximum Gasteiger partial charge on any atom is 0.414 e. The molecule has 8 nitrogen and oxygen atoms in total. The molecule has 0 radical (unpaired) electrons. The van der Waals surface area contributed by atoms with Crippen LogP contribution in [0.25, 0.3) is 11.1 Å². The highest BCUT2D eigenvalue weighted by atomic mass is 19.1. The molecule has 3 amide bonds. The Morgan fingerprint density at radius 3 is 2.64 bits per heavy atom. The van der Waals surface area contributed by atoms with Gasteiger partial charge in [0.15, 0.2) is 0 Å². The number of nitrogens with zero attached hydrogens (tertiary/aromatic N) is 1. The van der Waals surface area contributed by atoms with Gasteiger partial charge in [-0.05, 0) is 48.7 Å². The Bertz CT molecular complexity index is 1040. The van der Waals surface area contributed by atoms with Crippen molar-refractivity contribution >= 4 is 23.6 Å². The minimum Gasteiger partial charge on any atom is -0.442 e. The molecule has 4 rings (SSSR count). The number of nitrogens with one attached hydrogen (secondary N) is 3. The van der Waals surface area contributed by atoms with E-state index in [1.807, 2.05) is 12.1 Å². The molecule has 2 saturated heterocycles. The Hall–Kier alpha value is -3.46. The number of cyclic esters (lactones) is 1. The fourth-order valence-corrected chi connectivity index (χ4v) is 4.03. The van der Waals surface area contributed by atoms with Crippen molar-refractivity contribution in [1.29, 1.82) is 0 Å². The molecular weight excluding hydrogens is 427 g/mol. The minimum atomic E-state index is -0.572. The van der Waals surface area contributed by atoms with Gasteiger partial charge >= 0.3 is 6.09 Å². The van der Waals surface area contributed by atoms with Crippen molar-refractivity contribution in [1.82, 2.24) is 16.0 Å². The number of halogens is 1. The number of hydrogen-bond donors (Lipinski definition) is 3. The molecule has 2 aromatic carbocycles. The second-order valence-electron chi connectivity index (χ2n) is 8.28. The van der Waals surface area contributed by atoms with E-state index in [1.54, 1.807) is 24.3 Å². The van der Waals surface area contributed by atoms with Crippen molar-refractivity contribution < 1.29 is 23.5 Å². The number of hydrogen-bond acceptors (Lipinski definition) is 5. The van der Waals surface area contributed by atoms with Gasteiger partial charge in [-0.3, -0.25) is 14.5 Å². The third-order valence-corrected chi connectivity index (χ3v) is 5.83. The predicted molar refractivity (Wildman–Crippen MR) is 121 cm³/mol. The molecular formula is C24H27FN4O4. The molecule has 2 aromatic rings. The highest BCUT2D eigenvalue weighted by Crippen LogP contribution is 2.29. The maximum absolute atomic E-state index is 14.9. The fourth-order valence-electron chi connectivity index (χ4n) is 4.03. The quantitative estimate of drug-likeness (QED) is 0.596. The van der Waals surface area contributed by atoms with Crippen LogP contribution in [-0.2, 0) is 20.9 Å². The molecule has 33 heavy (non-hydrogen) atoms. The topological polar surface area (TPSA) is 99.8 Å². The van der Waals surface area contributed by atoms with E-state index in [0.29, 0.717) is 23.4 Å². The van der Waals surface area contributed by atoms with E-state index in [4.69, 9.17) is 4.74 Å². The Labute approximate surface area is 191 Å². The van der Waals surface area contributed by atoms with Gasteiger partial charge in [-0.25, -0.2) is 9.18 Å². The zero-order valence-electron chi connectivity index (χ0n) is 18.4. The van der Waals surface area contributed by atoms with Crippen molar-refractivity contribution in [3.8, 4) is 11.1 Å². The summed E-state index contributed by atoms with van der Waals surface area (Å²) >= 11 is 0. The molecule has 0 aromatic heterocycles. The van der Waals surface area contributed by atoms with Crippen LogP contribution in [0.5, 0.6) is 0 Å². The number of anilines is 1.